The number of aromatic nitrogens is 3. The van der Waals surface area contributed by atoms with Gasteiger partial charge < -0.3 is 0 Å². The van der Waals surface area contributed by atoms with Crippen molar-refractivity contribution in [2.45, 2.75) is 44.7 Å². The largest absolute Gasteiger partial charge is 0.263 e. The number of hydrogen-bond donors (Lipinski definition) is 0. The van der Waals surface area contributed by atoms with Crippen LogP contribution in [0.25, 0.3) is 10.9 Å². The van der Waals surface area contributed by atoms with E-state index in [-0.39, 0.29) is 0 Å². The first-order valence-corrected chi connectivity index (χ1v) is 7.28. The van der Waals surface area contributed by atoms with E-state index in [0.717, 1.165) is 22.8 Å². The van der Waals surface area contributed by atoms with Gasteiger partial charge in [0.25, 0.3) is 0 Å². The van der Waals surface area contributed by atoms with E-state index in [2.05, 4.69) is 34.7 Å². The summed E-state index contributed by atoms with van der Waals surface area (Å²) in [6.07, 6.45) is 7.60. The van der Waals surface area contributed by atoms with Gasteiger partial charge in [0.15, 0.2) is 0 Å². The lowest BCUT2D eigenvalue weighted by atomic mass is 10.2. The van der Waals surface area contributed by atoms with E-state index >= 15 is 0 Å². The Kier molecular flexibility index (Phi) is 4.42. The number of pyridine rings is 1. The summed E-state index contributed by atoms with van der Waals surface area (Å²) in [5, 5.41) is 6.73. The minimum atomic E-state index is 0.999. The third kappa shape index (κ3) is 3.00. The van der Waals surface area contributed by atoms with Crippen molar-refractivity contribution < 1.29 is 0 Å². The first-order chi connectivity index (χ1) is 8.35. The summed E-state index contributed by atoms with van der Waals surface area (Å²) in [4.78, 5) is 4.46. The van der Waals surface area contributed by atoms with Crippen LogP contribution >= 0.6 is 11.8 Å². The quantitative estimate of drug-likeness (QED) is 0.577. The highest BCUT2D eigenvalue weighted by Crippen LogP contribution is 2.20. The van der Waals surface area contributed by atoms with Crippen molar-refractivity contribution in [3.8, 4) is 0 Å². The Hall–Kier alpha value is -1.03. The molecule has 0 bridgehead atoms. The third-order valence-corrected chi connectivity index (χ3v) is 3.58. The Bertz CT molecular complexity index is 478. The number of aryl methyl sites for hydroxylation is 1. The average molecular weight is 249 g/mol. The minimum absolute atomic E-state index is 0.999. The van der Waals surface area contributed by atoms with E-state index in [0.29, 0.717) is 0 Å². The highest BCUT2D eigenvalue weighted by atomic mass is 32.2. The molecule has 92 valence electrons. The maximum absolute atomic E-state index is 4.46. The SMILES string of the molecule is CCCCCn1ncc2cc(SCC)ncc21. The zero-order valence-corrected chi connectivity index (χ0v) is 11.3. The number of fused-ring (bicyclic) bond motifs is 1. The second kappa shape index (κ2) is 6.05. The molecule has 2 aromatic rings. The van der Waals surface area contributed by atoms with E-state index in [9.17, 15) is 0 Å². The topological polar surface area (TPSA) is 30.7 Å². The van der Waals surface area contributed by atoms with Crippen LogP contribution in [-0.4, -0.2) is 20.5 Å². The normalized spacial score (nSPS) is 11.2. The number of unbranched alkanes of at least 4 members (excludes halogenated alkanes) is 2. The first-order valence-electron chi connectivity index (χ1n) is 6.29. The van der Waals surface area contributed by atoms with Crippen LogP contribution in [0, 0.1) is 0 Å². The smallest absolute Gasteiger partial charge is 0.0967 e. The van der Waals surface area contributed by atoms with Gasteiger partial charge in [-0.1, -0.05) is 26.7 Å². The fourth-order valence-corrected chi connectivity index (χ4v) is 2.51. The van der Waals surface area contributed by atoms with Crippen LogP contribution < -0.4 is 0 Å². The van der Waals surface area contributed by atoms with Gasteiger partial charge in [0, 0.05) is 11.9 Å². The molecular weight excluding hydrogens is 230 g/mol. The molecule has 0 N–H and O–H groups in total. The molecule has 0 aliphatic carbocycles. The monoisotopic (exact) mass is 249 g/mol. The Balaban J connectivity index is 2.16. The highest BCUT2D eigenvalue weighted by molar-refractivity contribution is 7.99. The summed E-state index contributed by atoms with van der Waals surface area (Å²) < 4.78 is 2.07. The van der Waals surface area contributed by atoms with Gasteiger partial charge in [0.2, 0.25) is 0 Å². The molecule has 2 rings (SSSR count). The Morgan fingerprint density at radius 1 is 1.24 bits per heavy atom. The number of nitrogens with zero attached hydrogens (tertiary/aromatic N) is 3. The molecule has 0 atom stereocenters. The van der Waals surface area contributed by atoms with Crippen molar-refractivity contribution in [1.29, 1.82) is 0 Å². The van der Waals surface area contributed by atoms with Gasteiger partial charge in [0.1, 0.15) is 0 Å². The molecule has 0 unspecified atom stereocenters. The average Bonchev–Trinajstić information content (AvgIpc) is 2.73. The predicted molar refractivity (Wildman–Crippen MR) is 73.5 cm³/mol. The molecule has 0 saturated heterocycles. The van der Waals surface area contributed by atoms with Crippen molar-refractivity contribution >= 4 is 22.7 Å². The van der Waals surface area contributed by atoms with Crippen LogP contribution in [0.5, 0.6) is 0 Å². The highest BCUT2D eigenvalue weighted by Gasteiger charge is 2.04. The molecule has 0 aliphatic rings. The summed E-state index contributed by atoms with van der Waals surface area (Å²) in [6, 6.07) is 2.13. The van der Waals surface area contributed by atoms with Crippen molar-refractivity contribution in [3.63, 3.8) is 0 Å². The molecule has 2 aromatic heterocycles. The maximum atomic E-state index is 4.46. The van der Waals surface area contributed by atoms with Gasteiger partial charge >= 0.3 is 0 Å². The van der Waals surface area contributed by atoms with Gasteiger partial charge in [-0.05, 0) is 18.2 Å². The molecule has 0 fully saturated rings. The minimum Gasteiger partial charge on any atom is -0.263 e. The summed E-state index contributed by atoms with van der Waals surface area (Å²) in [7, 11) is 0. The van der Waals surface area contributed by atoms with Crippen molar-refractivity contribution in [2.24, 2.45) is 0 Å². The summed E-state index contributed by atoms with van der Waals surface area (Å²) >= 11 is 1.77. The lowest BCUT2D eigenvalue weighted by Gasteiger charge is -2.03. The first kappa shape index (κ1) is 12.4. The Morgan fingerprint density at radius 2 is 2.12 bits per heavy atom. The molecule has 0 saturated carbocycles. The summed E-state index contributed by atoms with van der Waals surface area (Å²) in [5.74, 6) is 1.06. The zero-order valence-electron chi connectivity index (χ0n) is 10.5. The number of hydrogen-bond acceptors (Lipinski definition) is 3. The van der Waals surface area contributed by atoms with E-state index in [1.54, 1.807) is 11.8 Å². The molecular formula is C13H19N3S. The summed E-state index contributed by atoms with van der Waals surface area (Å²) in [6.45, 7) is 5.36. The summed E-state index contributed by atoms with van der Waals surface area (Å²) in [5.41, 5.74) is 1.15. The zero-order chi connectivity index (χ0) is 12.1. The second-order valence-electron chi connectivity index (χ2n) is 4.09. The molecule has 0 amide bonds. The maximum Gasteiger partial charge on any atom is 0.0967 e. The third-order valence-electron chi connectivity index (χ3n) is 2.77. The fraction of sp³-hybridized carbons (Fsp3) is 0.538. The van der Waals surface area contributed by atoms with Gasteiger partial charge in [-0.2, -0.15) is 5.10 Å². The van der Waals surface area contributed by atoms with Crippen molar-refractivity contribution in [1.82, 2.24) is 14.8 Å². The molecule has 0 spiro atoms. The molecule has 4 heteroatoms. The van der Waals surface area contributed by atoms with Crippen LogP contribution in [0.1, 0.15) is 33.1 Å². The van der Waals surface area contributed by atoms with Gasteiger partial charge in [0.05, 0.1) is 22.9 Å². The molecule has 17 heavy (non-hydrogen) atoms. The van der Waals surface area contributed by atoms with Crippen LogP contribution in [0.2, 0.25) is 0 Å². The van der Waals surface area contributed by atoms with Gasteiger partial charge in [-0.25, -0.2) is 4.98 Å². The van der Waals surface area contributed by atoms with E-state index in [1.165, 1.54) is 24.6 Å². The van der Waals surface area contributed by atoms with E-state index in [4.69, 9.17) is 0 Å². The predicted octanol–water partition coefficient (Wildman–Crippen LogP) is 3.73. The molecule has 0 aromatic carbocycles. The van der Waals surface area contributed by atoms with Crippen LogP contribution in [0.3, 0.4) is 0 Å². The Labute approximate surface area is 107 Å². The van der Waals surface area contributed by atoms with Crippen LogP contribution in [0.4, 0.5) is 0 Å². The lowest BCUT2D eigenvalue weighted by molar-refractivity contribution is 0.567. The molecule has 0 radical (unpaired) electrons. The van der Waals surface area contributed by atoms with Gasteiger partial charge in [-0.15, -0.1) is 11.8 Å². The standard InChI is InChI=1S/C13H19N3S/c1-3-5-6-7-16-12-10-14-13(17-4-2)8-11(12)9-15-16/h8-10H,3-7H2,1-2H3. The van der Waals surface area contributed by atoms with Crippen molar-refractivity contribution in [2.75, 3.05) is 5.75 Å². The number of rotatable bonds is 6. The van der Waals surface area contributed by atoms with Crippen LogP contribution in [-0.2, 0) is 6.54 Å². The van der Waals surface area contributed by atoms with Crippen molar-refractivity contribution in [3.05, 3.63) is 18.5 Å². The second-order valence-corrected chi connectivity index (χ2v) is 5.37. The molecule has 2 heterocycles. The van der Waals surface area contributed by atoms with E-state index < -0.39 is 0 Å². The Morgan fingerprint density at radius 3 is 2.88 bits per heavy atom. The van der Waals surface area contributed by atoms with Crippen LogP contribution in [0.15, 0.2) is 23.5 Å². The fourth-order valence-electron chi connectivity index (χ4n) is 1.87. The number of thioether (sulfide) groups is 1. The lowest BCUT2D eigenvalue weighted by Crippen LogP contribution is -1.99. The molecule has 0 aliphatic heterocycles. The molecule has 3 nitrogen and oxygen atoms in total. The van der Waals surface area contributed by atoms with E-state index in [1.807, 2.05) is 12.4 Å². The van der Waals surface area contributed by atoms with Gasteiger partial charge in [-0.3, -0.25) is 4.68 Å².